The number of hydrogen-bond donors (Lipinski definition) is 2. The quantitative estimate of drug-likeness (QED) is 0.142. The van der Waals surface area contributed by atoms with Gasteiger partial charge < -0.3 is 29.2 Å². The van der Waals surface area contributed by atoms with Gasteiger partial charge in [-0.2, -0.15) is 0 Å². The first kappa shape index (κ1) is 34.9. The Kier molecular flexibility index (Phi) is 10.4. The molecule has 12 unspecified atom stereocenters. The molecule has 0 radical (unpaired) electrons. The minimum Gasteiger partial charge on any atom is -0.497 e. The molecule has 1 aromatic rings. The van der Waals surface area contributed by atoms with Crippen molar-refractivity contribution in [1.29, 1.82) is 0 Å². The number of benzene rings is 1. The van der Waals surface area contributed by atoms with E-state index >= 15 is 0 Å². The summed E-state index contributed by atoms with van der Waals surface area (Å²) < 4.78 is 24.2. The van der Waals surface area contributed by atoms with Gasteiger partial charge in [-0.25, -0.2) is 9.78 Å². The first-order valence-electron chi connectivity index (χ1n) is 19.0. The lowest BCUT2D eigenvalue weighted by Crippen LogP contribution is -2.51. The number of ether oxygens (including phenoxy) is 4. The van der Waals surface area contributed by atoms with Crippen LogP contribution in [-0.2, 0) is 24.0 Å². The van der Waals surface area contributed by atoms with Crippen LogP contribution in [0.4, 0.5) is 0 Å². The summed E-state index contributed by atoms with van der Waals surface area (Å²) in [5, 5.41) is 20.0. The van der Waals surface area contributed by atoms with Crippen LogP contribution in [0.15, 0.2) is 35.9 Å². The molecule has 1 aromatic carbocycles. The second-order valence-electron chi connectivity index (χ2n) is 16.8. The lowest BCUT2D eigenvalue weighted by Gasteiger charge is -2.58. The summed E-state index contributed by atoms with van der Waals surface area (Å²) in [6, 6.07) is 7.19. The Hall–Kier alpha value is -1.52. The Labute approximate surface area is 287 Å². The molecular formula is C40H60O8. The molecular weight excluding hydrogens is 608 g/mol. The zero-order chi connectivity index (χ0) is 33.6. The van der Waals surface area contributed by atoms with E-state index in [1.54, 1.807) is 36.9 Å². The average molecular weight is 669 g/mol. The molecule has 3 saturated carbocycles. The van der Waals surface area contributed by atoms with Crippen LogP contribution in [-0.4, -0.2) is 61.2 Å². The van der Waals surface area contributed by atoms with E-state index in [4.69, 9.17) is 28.7 Å². The lowest BCUT2D eigenvalue weighted by atomic mass is 9.47. The smallest absolute Gasteiger partial charge is 0.191 e. The van der Waals surface area contributed by atoms with Crippen molar-refractivity contribution in [3.05, 3.63) is 41.5 Å². The van der Waals surface area contributed by atoms with Crippen molar-refractivity contribution in [2.24, 2.45) is 46.3 Å². The Bertz CT molecular complexity index is 1260. The highest BCUT2D eigenvalue weighted by atomic mass is 17.2. The second kappa shape index (κ2) is 14.2. The summed E-state index contributed by atoms with van der Waals surface area (Å²) in [5.74, 6) is 4.61. The summed E-state index contributed by atoms with van der Waals surface area (Å²) in [5.41, 5.74) is 2.92. The molecule has 6 aliphatic rings. The molecule has 2 saturated heterocycles. The van der Waals surface area contributed by atoms with E-state index < -0.39 is 6.29 Å². The minimum atomic E-state index is -1.03. The van der Waals surface area contributed by atoms with Gasteiger partial charge in [-0.15, -0.1) is 0 Å². The number of methoxy groups -OCH3 is 1. The van der Waals surface area contributed by atoms with E-state index in [1.165, 1.54) is 32.1 Å². The summed E-state index contributed by atoms with van der Waals surface area (Å²) in [6.45, 7) is 10.3. The monoisotopic (exact) mass is 668 g/mol. The second-order valence-corrected chi connectivity index (χ2v) is 16.8. The predicted octanol–water partition coefficient (Wildman–Crippen LogP) is 7.53. The highest BCUT2D eigenvalue weighted by Gasteiger charge is 2.65. The maximum atomic E-state index is 10.4. The van der Waals surface area contributed by atoms with Crippen LogP contribution in [0.1, 0.15) is 110 Å². The topological polar surface area (TPSA) is 95.8 Å². The Morgan fingerprint density at radius 1 is 1.02 bits per heavy atom. The molecule has 2 N–H and O–H groups in total. The lowest BCUT2D eigenvalue weighted by molar-refractivity contribution is -0.431. The summed E-state index contributed by atoms with van der Waals surface area (Å²) >= 11 is 0. The fraction of sp³-hybridized carbons (Fsp3) is 0.800. The maximum Gasteiger partial charge on any atom is 0.191 e. The molecule has 8 nitrogen and oxygen atoms in total. The maximum absolute atomic E-state index is 10.4. The molecule has 8 heteroatoms. The number of aliphatic hydroxyl groups excluding tert-OH is 2. The van der Waals surface area contributed by atoms with Crippen LogP contribution in [0.2, 0.25) is 0 Å². The molecule has 48 heavy (non-hydrogen) atoms. The fourth-order valence-electron chi connectivity index (χ4n) is 11.3. The number of hydrogen-bond acceptors (Lipinski definition) is 8. The van der Waals surface area contributed by atoms with Crippen LogP contribution in [0.5, 0.6) is 5.75 Å². The van der Waals surface area contributed by atoms with Crippen LogP contribution < -0.4 is 4.74 Å². The van der Waals surface area contributed by atoms with Crippen molar-refractivity contribution in [2.45, 2.75) is 135 Å². The van der Waals surface area contributed by atoms with Gasteiger partial charge in [0.1, 0.15) is 11.9 Å². The van der Waals surface area contributed by atoms with Crippen molar-refractivity contribution in [3.8, 4) is 5.75 Å². The Morgan fingerprint density at radius 2 is 1.83 bits per heavy atom. The van der Waals surface area contributed by atoms with Crippen molar-refractivity contribution in [3.63, 3.8) is 0 Å². The van der Waals surface area contributed by atoms with E-state index in [2.05, 4.69) is 33.8 Å². The molecule has 0 amide bonds. The van der Waals surface area contributed by atoms with Crippen molar-refractivity contribution >= 4 is 0 Å². The Morgan fingerprint density at radius 3 is 2.56 bits per heavy atom. The van der Waals surface area contributed by atoms with Crippen LogP contribution in [0.25, 0.3) is 0 Å². The van der Waals surface area contributed by atoms with E-state index in [9.17, 15) is 10.2 Å². The molecule has 0 spiro atoms. The molecule has 5 fully saturated rings. The third-order valence-corrected chi connectivity index (χ3v) is 14.1. The number of rotatable bonds is 11. The third-order valence-electron chi connectivity index (χ3n) is 14.1. The van der Waals surface area contributed by atoms with E-state index in [1.807, 2.05) is 0 Å². The Balaban J connectivity index is 0.897. The van der Waals surface area contributed by atoms with Gasteiger partial charge in [0.2, 0.25) is 0 Å². The van der Waals surface area contributed by atoms with Gasteiger partial charge in [-0.1, -0.05) is 51.5 Å². The summed E-state index contributed by atoms with van der Waals surface area (Å²) in [7, 11) is 1.62. The van der Waals surface area contributed by atoms with Gasteiger partial charge in [0.25, 0.3) is 0 Å². The normalized spacial score (nSPS) is 43.4. The van der Waals surface area contributed by atoms with Gasteiger partial charge in [-0.05, 0) is 123 Å². The zero-order valence-corrected chi connectivity index (χ0v) is 29.9. The standard InChI is InChI=1S/C40H60O8/c1-24(22-41)6-14-34-25(2)37-35(46-34)21-33-31-13-9-27-20-29(16-18-39(27,3)32(31)17-19-40(33,37)4)45-36-15-12-30(47-48-36)23-44-38(42)26-7-10-28(43-5)11-8-26/h7-11,24-25,29-38,41-42H,6,12-23H2,1-5H3/t24-,25?,29?,30?,31?,32+,33?,34?,35?,36?,37?,38?,39?,40?/m1/s1. The molecule has 268 valence electrons. The third kappa shape index (κ3) is 6.53. The first-order valence-corrected chi connectivity index (χ1v) is 19.0. The molecule has 4 aliphatic carbocycles. The highest BCUT2D eigenvalue weighted by molar-refractivity contribution is 5.28. The SMILES string of the molecule is COc1ccc(C(O)OCC2CCC(OC3CCC4(C)C(=CCC5C6CC7OC(CC[C@@H](C)CO)C(C)C7C6(C)CC[C@@H]54)C3)OO2)cc1. The average Bonchev–Trinajstić information content (AvgIpc) is 3.59. The van der Waals surface area contributed by atoms with Crippen LogP contribution in [0, 0.1) is 46.3 Å². The zero-order valence-electron chi connectivity index (χ0n) is 29.9. The summed E-state index contributed by atoms with van der Waals surface area (Å²) in [6.07, 6.45) is 13.8. The molecule has 2 aliphatic heterocycles. The molecule has 7 rings (SSSR count). The van der Waals surface area contributed by atoms with Crippen molar-refractivity contribution in [2.75, 3.05) is 20.3 Å². The van der Waals surface area contributed by atoms with Gasteiger partial charge in [0.15, 0.2) is 12.6 Å². The number of aliphatic hydroxyl groups is 2. The van der Waals surface area contributed by atoms with Crippen LogP contribution >= 0.6 is 0 Å². The van der Waals surface area contributed by atoms with Gasteiger partial charge in [-0.3, -0.25) is 0 Å². The molecule has 2 heterocycles. The molecule has 0 bridgehead atoms. The molecule has 14 atom stereocenters. The van der Waals surface area contributed by atoms with Gasteiger partial charge in [0, 0.05) is 18.6 Å². The number of fused-ring (bicyclic) bond motifs is 7. The number of allylic oxidation sites excluding steroid dienone is 1. The summed E-state index contributed by atoms with van der Waals surface area (Å²) in [4.78, 5) is 11.4. The van der Waals surface area contributed by atoms with Gasteiger partial charge >= 0.3 is 0 Å². The predicted molar refractivity (Wildman–Crippen MR) is 182 cm³/mol. The highest BCUT2D eigenvalue weighted by Crippen LogP contribution is 2.69. The van der Waals surface area contributed by atoms with Crippen molar-refractivity contribution < 1.29 is 38.9 Å². The van der Waals surface area contributed by atoms with Gasteiger partial charge in [0.05, 0.1) is 32.0 Å². The minimum absolute atomic E-state index is 0.151. The van der Waals surface area contributed by atoms with Crippen molar-refractivity contribution in [1.82, 2.24) is 0 Å². The van der Waals surface area contributed by atoms with Crippen LogP contribution in [0.3, 0.4) is 0 Å². The van der Waals surface area contributed by atoms with E-state index in [0.717, 1.165) is 62.0 Å². The van der Waals surface area contributed by atoms with E-state index in [-0.39, 0.29) is 37.1 Å². The largest absolute Gasteiger partial charge is 0.497 e. The first-order chi connectivity index (χ1) is 23.1. The van der Waals surface area contributed by atoms with E-state index in [0.29, 0.717) is 40.9 Å². The molecule has 0 aromatic heterocycles. The fourth-order valence-corrected chi connectivity index (χ4v) is 11.3.